The minimum Gasteiger partial charge on any atom is -0.458 e. The van der Waals surface area contributed by atoms with Gasteiger partial charge < -0.3 is 14.2 Å². The number of carbonyl (C=O) groups excluding carboxylic acids is 3. The van der Waals surface area contributed by atoms with E-state index < -0.39 is 45.6 Å². The van der Waals surface area contributed by atoms with Crippen molar-refractivity contribution in [1.29, 1.82) is 0 Å². The molecule has 1 unspecified atom stereocenters. The number of methoxy groups -OCH3 is 2. The summed E-state index contributed by atoms with van der Waals surface area (Å²) in [6.07, 6.45) is 0.714. The zero-order valence-corrected chi connectivity index (χ0v) is 21.2. The van der Waals surface area contributed by atoms with Gasteiger partial charge in [-0.05, 0) is 37.8 Å². The van der Waals surface area contributed by atoms with Crippen LogP contribution < -0.4 is 0 Å². The van der Waals surface area contributed by atoms with E-state index in [2.05, 4.69) is 6.58 Å². The third kappa shape index (κ3) is 4.79. The third-order valence-corrected chi connectivity index (χ3v) is 8.60. The molecular weight excluding hydrogens is 476 g/mol. The molecule has 35 heavy (non-hydrogen) atoms. The van der Waals surface area contributed by atoms with Gasteiger partial charge in [0.05, 0.1) is 18.6 Å². The largest absolute Gasteiger partial charge is 0.458 e. The number of nitrogens with zero attached hydrogens (tertiary/aromatic N) is 2. The highest BCUT2D eigenvalue weighted by atomic mass is 32.2. The van der Waals surface area contributed by atoms with Gasteiger partial charge in [-0.1, -0.05) is 30.4 Å². The molecule has 11 heteroatoms. The molecule has 0 bridgehead atoms. The molecule has 0 aromatic heterocycles. The van der Waals surface area contributed by atoms with Crippen LogP contribution in [0.3, 0.4) is 0 Å². The number of ether oxygens (including phenoxy) is 3. The van der Waals surface area contributed by atoms with Crippen LogP contribution in [0.15, 0.2) is 41.8 Å². The number of piperidine rings is 1. The Labute approximate surface area is 205 Å². The average molecular weight is 509 g/mol. The summed E-state index contributed by atoms with van der Waals surface area (Å²) in [4.78, 5) is 39.7. The Morgan fingerprint density at radius 2 is 1.91 bits per heavy atom. The number of benzene rings is 1. The fourth-order valence-electron chi connectivity index (χ4n) is 5.26. The lowest BCUT2D eigenvalue weighted by Crippen LogP contribution is -2.67. The number of sulfonamides is 1. The summed E-state index contributed by atoms with van der Waals surface area (Å²) in [7, 11) is -1.59. The van der Waals surface area contributed by atoms with Crippen LogP contribution in [-0.4, -0.2) is 81.2 Å². The highest BCUT2D eigenvalue weighted by Gasteiger charge is 2.65. The van der Waals surface area contributed by atoms with Crippen LogP contribution in [-0.2, 0) is 33.8 Å². The lowest BCUT2D eigenvalue weighted by atomic mass is 9.73. The predicted octanol–water partition coefficient (Wildman–Crippen LogP) is 2.12. The molecule has 0 radical (unpaired) electrons. The fourth-order valence-corrected chi connectivity index (χ4v) is 6.72. The monoisotopic (exact) mass is 508 g/mol. The van der Waals surface area contributed by atoms with Crippen LogP contribution in [0.4, 0.5) is 4.79 Å². The van der Waals surface area contributed by atoms with Gasteiger partial charge >= 0.3 is 12.1 Å². The molecule has 2 aliphatic heterocycles. The predicted molar refractivity (Wildman–Crippen MR) is 126 cm³/mol. The highest BCUT2D eigenvalue weighted by molar-refractivity contribution is 7.89. The molecule has 2 fully saturated rings. The fraction of sp³-hybridized carbons (Fsp3) is 0.542. The Bertz CT molecular complexity index is 1090. The van der Waals surface area contributed by atoms with Crippen molar-refractivity contribution in [3.8, 4) is 0 Å². The van der Waals surface area contributed by atoms with Crippen molar-refractivity contribution >= 4 is 28.0 Å². The summed E-state index contributed by atoms with van der Waals surface area (Å²) in [5.41, 5.74) is -0.713. The van der Waals surface area contributed by atoms with Crippen molar-refractivity contribution in [3.05, 3.63) is 42.5 Å². The maximum absolute atomic E-state index is 14.0. The molecule has 192 valence electrons. The summed E-state index contributed by atoms with van der Waals surface area (Å²) in [6, 6.07) is 6.23. The smallest absolute Gasteiger partial charge is 0.410 e. The minimum absolute atomic E-state index is 0.0109. The van der Waals surface area contributed by atoms with Gasteiger partial charge in [-0.3, -0.25) is 14.5 Å². The van der Waals surface area contributed by atoms with E-state index in [1.165, 1.54) is 44.3 Å². The Morgan fingerprint density at radius 3 is 2.46 bits per heavy atom. The molecule has 0 N–H and O–H groups in total. The van der Waals surface area contributed by atoms with Crippen LogP contribution in [0.2, 0.25) is 0 Å². The maximum Gasteiger partial charge on any atom is 0.410 e. The molecule has 1 aromatic rings. The Morgan fingerprint density at radius 1 is 1.26 bits per heavy atom. The Hall–Kier alpha value is -2.92. The standard InChI is InChI=1S/C24H32N2O8S/c1-6-19(34-17(3)27)13-18-14-25(23(29)33-5)24(15-32-4)21(18)11-12-26(22(24)28)35(30,31)20-9-7-16(2)8-10-20/h6-10,18-19,21H,1,11-15H2,2-5H3/t18-,19?,21-,24+/m1/s1. The van der Waals surface area contributed by atoms with Crippen LogP contribution in [0.5, 0.6) is 0 Å². The first-order valence-corrected chi connectivity index (χ1v) is 12.7. The zero-order chi connectivity index (χ0) is 26.0. The molecule has 2 aliphatic rings. The van der Waals surface area contributed by atoms with Crippen molar-refractivity contribution in [3.63, 3.8) is 0 Å². The lowest BCUT2D eigenvalue weighted by molar-refractivity contribution is -0.149. The number of hydrogen-bond donors (Lipinski definition) is 0. The molecule has 2 saturated heterocycles. The number of likely N-dealkylation sites (tertiary alicyclic amines) is 1. The Balaban J connectivity index is 2.05. The van der Waals surface area contributed by atoms with Gasteiger partial charge in [0.15, 0.2) is 5.54 Å². The van der Waals surface area contributed by atoms with E-state index in [0.717, 1.165) is 9.87 Å². The molecule has 2 amide bonds. The zero-order valence-electron chi connectivity index (χ0n) is 20.4. The number of esters is 1. The molecule has 2 heterocycles. The van der Waals surface area contributed by atoms with Gasteiger partial charge in [0.2, 0.25) is 0 Å². The summed E-state index contributed by atoms with van der Waals surface area (Å²) in [6.45, 7) is 6.69. The van der Waals surface area contributed by atoms with Gasteiger partial charge in [0.1, 0.15) is 6.10 Å². The first-order valence-electron chi connectivity index (χ1n) is 11.3. The summed E-state index contributed by atoms with van der Waals surface area (Å²) >= 11 is 0. The molecule has 10 nitrogen and oxygen atoms in total. The van der Waals surface area contributed by atoms with E-state index in [-0.39, 0.29) is 30.5 Å². The van der Waals surface area contributed by atoms with E-state index in [9.17, 15) is 22.8 Å². The number of fused-ring (bicyclic) bond motifs is 1. The topological polar surface area (TPSA) is 120 Å². The second-order valence-electron chi connectivity index (χ2n) is 8.91. The number of aryl methyl sites for hydroxylation is 1. The summed E-state index contributed by atoms with van der Waals surface area (Å²) < 4.78 is 43.5. The van der Waals surface area contributed by atoms with E-state index in [1.54, 1.807) is 12.1 Å². The number of carbonyl (C=O) groups is 3. The van der Waals surface area contributed by atoms with Crippen LogP contribution >= 0.6 is 0 Å². The molecule has 0 aliphatic carbocycles. The summed E-state index contributed by atoms with van der Waals surface area (Å²) in [5.74, 6) is -1.96. The van der Waals surface area contributed by atoms with Gasteiger partial charge in [-0.15, -0.1) is 0 Å². The van der Waals surface area contributed by atoms with Crippen molar-refractivity contribution < 1.29 is 37.0 Å². The van der Waals surface area contributed by atoms with Crippen LogP contribution in [0.25, 0.3) is 0 Å². The minimum atomic E-state index is -4.18. The number of hydrogen-bond acceptors (Lipinski definition) is 8. The molecule has 0 saturated carbocycles. The van der Waals surface area contributed by atoms with Gasteiger partial charge in [-0.25, -0.2) is 17.5 Å². The highest BCUT2D eigenvalue weighted by Crippen LogP contribution is 2.48. The van der Waals surface area contributed by atoms with Crippen LogP contribution in [0, 0.1) is 18.8 Å². The van der Waals surface area contributed by atoms with Gasteiger partial charge in [0.25, 0.3) is 15.9 Å². The molecule has 1 aromatic carbocycles. The lowest BCUT2D eigenvalue weighted by Gasteiger charge is -2.46. The second-order valence-corrected chi connectivity index (χ2v) is 10.8. The SMILES string of the molecule is C=CC(C[C@@H]1CN(C(=O)OC)[C@]2(COC)C(=O)N(S(=O)(=O)c3ccc(C)cc3)CC[C@H]12)OC(C)=O. The van der Waals surface area contributed by atoms with Crippen molar-refractivity contribution in [2.75, 3.05) is 33.9 Å². The van der Waals surface area contributed by atoms with E-state index in [1.807, 2.05) is 6.92 Å². The maximum atomic E-state index is 14.0. The molecule has 0 spiro atoms. The van der Waals surface area contributed by atoms with Gasteiger partial charge in [-0.2, -0.15) is 0 Å². The van der Waals surface area contributed by atoms with Crippen molar-refractivity contribution in [2.45, 2.75) is 43.2 Å². The van der Waals surface area contributed by atoms with Gasteiger partial charge in [0, 0.05) is 33.0 Å². The third-order valence-electron chi connectivity index (χ3n) is 6.80. The number of amides is 2. The quantitative estimate of drug-likeness (QED) is 0.387. The van der Waals surface area contributed by atoms with E-state index in [4.69, 9.17) is 14.2 Å². The molecule has 3 rings (SSSR count). The summed E-state index contributed by atoms with van der Waals surface area (Å²) in [5, 5.41) is 0. The Kier molecular flexibility index (Phi) is 7.90. The first kappa shape index (κ1) is 26.7. The normalized spacial score (nSPS) is 25.1. The first-order chi connectivity index (χ1) is 16.5. The van der Waals surface area contributed by atoms with Crippen molar-refractivity contribution in [2.24, 2.45) is 11.8 Å². The second kappa shape index (κ2) is 10.4. The molecular formula is C24H32N2O8S. The van der Waals surface area contributed by atoms with Crippen LogP contribution in [0.1, 0.15) is 25.3 Å². The van der Waals surface area contributed by atoms with E-state index >= 15 is 0 Å². The van der Waals surface area contributed by atoms with E-state index in [0.29, 0.717) is 12.8 Å². The van der Waals surface area contributed by atoms with Crippen molar-refractivity contribution in [1.82, 2.24) is 9.21 Å². The molecule has 4 atom stereocenters. The number of rotatable bonds is 8. The average Bonchev–Trinajstić information content (AvgIpc) is 3.13.